The number of rotatable bonds is 7. The van der Waals surface area contributed by atoms with Crippen molar-refractivity contribution in [1.82, 2.24) is 9.97 Å². The number of hydrogen-bond donors (Lipinski definition) is 1. The molecule has 1 N–H and O–H groups in total. The zero-order valence-corrected chi connectivity index (χ0v) is 17.5. The fourth-order valence-corrected chi connectivity index (χ4v) is 3.75. The number of halogens is 1. The van der Waals surface area contributed by atoms with Crippen LogP contribution in [0.25, 0.3) is 21.8 Å². The molecule has 2 aromatic heterocycles. The predicted octanol–water partition coefficient (Wildman–Crippen LogP) is 5.93. The molecule has 0 saturated heterocycles. The minimum Gasteiger partial charge on any atom is -0.493 e. The summed E-state index contributed by atoms with van der Waals surface area (Å²) in [5, 5.41) is 6.47. The van der Waals surface area contributed by atoms with Crippen LogP contribution in [-0.2, 0) is 4.79 Å². The number of hydrogen-bond acceptors (Lipinski definition) is 5. The monoisotopic (exact) mass is 435 g/mol. The molecule has 0 aliphatic heterocycles. The lowest BCUT2D eigenvalue weighted by Gasteiger charge is -2.08. The lowest BCUT2D eigenvalue weighted by molar-refractivity contribution is -0.116. The zero-order valence-electron chi connectivity index (χ0n) is 15.9. The van der Waals surface area contributed by atoms with Gasteiger partial charge in [0.15, 0.2) is 0 Å². The first-order valence-corrected chi connectivity index (χ1v) is 10.6. The Hall–Kier alpha value is -3.22. The van der Waals surface area contributed by atoms with Crippen molar-refractivity contribution in [3.63, 3.8) is 0 Å². The van der Waals surface area contributed by atoms with Crippen LogP contribution in [0.4, 0.5) is 5.69 Å². The zero-order chi connectivity index (χ0) is 20.8. The van der Waals surface area contributed by atoms with Crippen LogP contribution in [0.2, 0.25) is 5.02 Å². The van der Waals surface area contributed by atoms with Crippen LogP contribution in [0, 0.1) is 0 Å². The highest BCUT2D eigenvalue weighted by molar-refractivity contribution is 7.13. The van der Waals surface area contributed by atoms with E-state index in [9.17, 15) is 4.79 Å². The van der Waals surface area contributed by atoms with E-state index in [0.717, 1.165) is 27.5 Å². The number of nitrogens with one attached hydrogen (secondary N) is 1. The number of benzene rings is 2. The number of aromatic nitrogens is 2. The predicted molar refractivity (Wildman–Crippen MR) is 121 cm³/mol. The van der Waals surface area contributed by atoms with Gasteiger partial charge < -0.3 is 10.1 Å². The number of ether oxygens (including phenoxy) is 1. The summed E-state index contributed by atoms with van der Waals surface area (Å²) in [7, 11) is 0. The lowest BCUT2D eigenvalue weighted by atomic mass is 10.1. The second-order valence-electron chi connectivity index (χ2n) is 6.46. The second-order valence-corrected chi connectivity index (χ2v) is 7.76. The van der Waals surface area contributed by atoms with E-state index in [4.69, 9.17) is 21.3 Å². The summed E-state index contributed by atoms with van der Waals surface area (Å²) in [5.74, 6) is 0.567. The number of carbonyl (C=O) groups excluding carboxylic acids is 1. The average Bonchev–Trinajstić information content (AvgIpc) is 3.26. The molecule has 0 aliphatic rings. The topological polar surface area (TPSA) is 64.1 Å². The summed E-state index contributed by atoms with van der Waals surface area (Å²) >= 11 is 7.41. The Labute approximate surface area is 183 Å². The average molecular weight is 436 g/mol. The minimum absolute atomic E-state index is 0.115. The van der Waals surface area contributed by atoms with Crippen LogP contribution in [-0.4, -0.2) is 22.5 Å². The summed E-state index contributed by atoms with van der Waals surface area (Å²) in [6, 6.07) is 18.6. The number of carbonyl (C=O) groups is 1. The van der Waals surface area contributed by atoms with E-state index in [1.807, 2.05) is 41.8 Å². The summed E-state index contributed by atoms with van der Waals surface area (Å²) in [5.41, 5.74) is 3.51. The van der Waals surface area contributed by atoms with Gasteiger partial charge in [-0.05, 0) is 48.5 Å². The molecule has 0 spiro atoms. The van der Waals surface area contributed by atoms with Gasteiger partial charge >= 0.3 is 0 Å². The Kier molecular flexibility index (Phi) is 6.37. The Morgan fingerprint density at radius 1 is 1.07 bits per heavy atom. The first-order chi connectivity index (χ1) is 14.7. The van der Waals surface area contributed by atoms with E-state index in [1.54, 1.807) is 48.0 Å². The smallest absolute Gasteiger partial charge is 0.227 e. The van der Waals surface area contributed by atoms with Gasteiger partial charge in [-0.25, -0.2) is 4.98 Å². The van der Waals surface area contributed by atoms with Crippen LogP contribution in [0.1, 0.15) is 6.42 Å². The molecule has 1 amide bonds. The van der Waals surface area contributed by atoms with E-state index in [2.05, 4.69) is 10.3 Å². The number of pyridine rings is 1. The van der Waals surface area contributed by atoms with E-state index in [1.165, 1.54) is 0 Å². The number of nitrogens with zero attached hydrogens (tertiary/aromatic N) is 2. The molecule has 4 rings (SSSR count). The molecule has 7 heteroatoms. The third-order valence-corrected chi connectivity index (χ3v) is 5.41. The van der Waals surface area contributed by atoms with E-state index < -0.39 is 0 Å². The summed E-state index contributed by atoms with van der Waals surface area (Å²) in [6.45, 7) is 0.285. The van der Waals surface area contributed by atoms with Crippen molar-refractivity contribution in [2.45, 2.75) is 6.42 Å². The van der Waals surface area contributed by atoms with Gasteiger partial charge in [-0.15, -0.1) is 11.3 Å². The van der Waals surface area contributed by atoms with Crippen LogP contribution >= 0.6 is 22.9 Å². The summed E-state index contributed by atoms with van der Waals surface area (Å²) in [4.78, 5) is 21.1. The molecule has 0 atom stereocenters. The molecular weight excluding hydrogens is 418 g/mol. The van der Waals surface area contributed by atoms with Gasteiger partial charge in [0.1, 0.15) is 10.8 Å². The SMILES string of the molecule is O=C(CCOc1ccc(Cl)cc1)Nc1cccc(-c2csc(-c3cccnc3)n2)c1. The van der Waals surface area contributed by atoms with Gasteiger partial charge in [0.2, 0.25) is 5.91 Å². The van der Waals surface area contributed by atoms with Gasteiger partial charge in [0.05, 0.1) is 18.7 Å². The third-order valence-electron chi connectivity index (χ3n) is 4.27. The van der Waals surface area contributed by atoms with Crippen molar-refractivity contribution >= 4 is 34.5 Å². The minimum atomic E-state index is -0.115. The Bertz CT molecular complexity index is 1130. The van der Waals surface area contributed by atoms with Crippen LogP contribution in [0.15, 0.2) is 78.4 Å². The highest BCUT2D eigenvalue weighted by atomic mass is 35.5. The standard InChI is InChI=1S/C23H18ClN3O2S/c24-18-6-8-20(9-7-18)29-12-10-22(28)26-19-5-1-3-16(13-19)21-15-30-23(27-21)17-4-2-11-25-14-17/h1-9,11,13-15H,10,12H2,(H,26,28). The van der Waals surface area contributed by atoms with E-state index in [-0.39, 0.29) is 18.9 Å². The van der Waals surface area contributed by atoms with Crippen LogP contribution < -0.4 is 10.1 Å². The maximum Gasteiger partial charge on any atom is 0.227 e. The number of anilines is 1. The molecule has 0 unspecified atom stereocenters. The number of thiazole rings is 1. The molecule has 30 heavy (non-hydrogen) atoms. The largest absolute Gasteiger partial charge is 0.493 e. The van der Waals surface area contributed by atoms with Crippen molar-refractivity contribution in [2.75, 3.05) is 11.9 Å². The van der Waals surface area contributed by atoms with Crippen LogP contribution in [0.5, 0.6) is 5.75 Å². The Morgan fingerprint density at radius 2 is 1.90 bits per heavy atom. The molecule has 0 radical (unpaired) electrons. The molecule has 150 valence electrons. The Balaban J connectivity index is 1.36. The lowest BCUT2D eigenvalue weighted by Crippen LogP contribution is -2.15. The highest BCUT2D eigenvalue weighted by Gasteiger charge is 2.09. The molecule has 5 nitrogen and oxygen atoms in total. The molecule has 0 saturated carbocycles. The highest BCUT2D eigenvalue weighted by Crippen LogP contribution is 2.29. The van der Waals surface area contributed by atoms with Crippen molar-refractivity contribution in [3.05, 3.63) is 83.5 Å². The number of amides is 1. The Morgan fingerprint density at radius 3 is 2.70 bits per heavy atom. The van der Waals surface area contributed by atoms with Crippen LogP contribution in [0.3, 0.4) is 0 Å². The van der Waals surface area contributed by atoms with Crippen molar-refractivity contribution < 1.29 is 9.53 Å². The maximum absolute atomic E-state index is 12.3. The van der Waals surface area contributed by atoms with Gasteiger partial charge in [0, 0.05) is 39.6 Å². The van der Waals surface area contributed by atoms with E-state index >= 15 is 0 Å². The van der Waals surface area contributed by atoms with Gasteiger partial charge in [0.25, 0.3) is 0 Å². The molecule has 2 heterocycles. The second kappa shape index (κ2) is 9.52. The first kappa shape index (κ1) is 20.1. The quantitative estimate of drug-likeness (QED) is 0.390. The molecule has 0 bridgehead atoms. The normalized spacial score (nSPS) is 10.6. The van der Waals surface area contributed by atoms with E-state index in [0.29, 0.717) is 10.8 Å². The first-order valence-electron chi connectivity index (χ1n) is 9.32. The van der Waals surface area contributed by atoms with Gasteiger partial charge in [-0.2, -0.15) is 0 Å². The third kappa shape index (κ3) is 5.23. The fourth-order valence-electron chi connectivity index (χ4n) is 2.80. The molecule has 0 aliphatic carbocycles. The molecule has 0 fully saturated rings. The fraction of sp³-hybridized carbons (Fsp3) is 0.0870. The van der Waals surface area contributed by atoms with Crippen molar-refractivity contribution in [2.24, 2.45) is 0 Å². The molecule has 2 aromatic carbocycles. The molecule has 4 aromatic rings. The van der Waals surface area contributed by atoms with Gasteiger partial charge in [-0.1, -0.05) is 23.7 Å². The van der Waals surface area contributed by atoms with Crippen molar-refractivity contribution in [1.29, 1.82) is 0 Å². The maximum atomic E-state index is 12.3. The summed E-state index contributed by atoms with van der Waals surface area (Å²) in [6.07, 6.45) is 3.78. The van der Waals surface area contributed by atoms with Gasteiger partial charge in [-0.3, -0.25) is 9.78 Å². The molecular formula is C23H18ClN3O2S. The van der Waals surface area contributed by atoms with Crippen molar-refractivity contribution in [3.8, 4) is 27.6 Å². The summed E-state index contributed by atoms with van der Waals surface area (Å²) < 4.78 is 5.57.